The molecule has 0 saturated heterocycles. The Morgan fingerprint density at radius 1 is 0.200 bits per heavy atom. The molecule has 0 aromatic rings. The maximum atomic E-state index is 2.23. The fourth-order valence-corrected chi connectivity index (χ4v) is 2.29. The monoisotopic (exact) mass is 394 g/mol. The van der Waals surface area contributed by atoms with Crippen LogP contribution in [0.2, 0.25) is 0 Å². The Labute approximate surface area is 183 Å². The van der Waals surface area contributed by atoms with Crippen molar-refractivity contribution in [1.82, 2.24) is 0 Å². The van der Waals surface area contributed by atoms with E-state index in [1.165, 1.54) is 12.8 Å². The predicted molar refractivity (Wildman–Crippen MR) is 137 cm³/mol. The lowest BCUT2D eigenvalue weighted by Crippen LogP contribution is -1.71. The normalized spacial score (nSPS) is 29.9. The topological polar surface area (TPSA) is 0 Å². The summed E-state index contributed by atoms with van der Waals surface area (Å²) >= 11 is 0. The molecule has 0 saturated carbocycles. The molecular weight excluding hydrogens is 360 g/mol. The number of allylic oxidation sites excluding steroid dienone is 26. The van der Waals surface area contributed by atoms with Gasteiger partial charge < -0.3 is 0 Å². The van der Waals surface area contributed by atoms with Crippen LogP contribution in [-0.4, -0.2) is 0 Å². The lowest BCUT2D eigenvalue weighted by molar-refractivity contribution is 0.762. The van der Waals surface area contributed by atoms with Gasteiger partial charge in [0.2, 0.25) is 0 Å². The molecule has 0 amide bonds. The van der Waals surface area contributed by atoms with Gasteiger partial charge in [-0.15, -0.1) is 0 Å². The van der Waals surface area contributed by atoms with Gasteiger partial charge >= 0.3 is 0 Å². The second-order valence-electron chi connectivity index (χ2n) is 6.37. The molecule has 154 valence electrons. The average molecular weight is 395 g/mol. The van der Waals surface area contributed by atoms with Crippen LogP contribution in [0.4, 0.5) is 0 Å². The highest BCUT2D eigenvalue weighted by Gasteiger charge is 1.82. The number of rotatable bonds is 0. The molecule has 0 radical (unpaired) electrons. The molecule has 0 bridgehead atoms. The summed E-state index contributed by atoms with van der Waals surface area (Å²) in [4.78, 5) is 0. The molecule has 0 spiro atoms. The van der Waals surface area contributed by atoms with E-state index in [0.29, 0.717) is 0 Å². The molecule has 1 aliphatic rings. The number of hydrogen-bond acceptors (Lipinski definition) is 0. The van der Waals surface area contributed by atoms with E-state index in [1.54, 1.807) is 0 Å². The van der Waals surface area contributed by atoms with Gasteiger partial charge in [-0.05, 0) is 25.7 Å². The van der Waals surface area contributed by atoms with Gasteiger partial charge in [0, 0.05) is 0 Å². The molecule has 1 rings (SSSR count). The highest BCUT2D eigenvalue weighted by atomic mass is 13.9. The molecule has 0 N–H and O–H groups in total. The lowest BCUT2D eigenvalue weighted by atomic mass is 10.2. The first kappa shape index (κ1) is 24.7. The Morgan fingerprint density at radius 2 is 0.367 bits per heavy atom. The molecule has 0 aliphatic heterocycles. The van der Waals surface area contributed by atoms with Crippen molar-refractivity contribution < 1.29 is 0 Å². The number of hydrogen-bond donors (Lipinski definition) is 0. The van der Waals surface area contributed by atoms with Crippen LogP contribution in [0.3, 0.4) is 0 Å². The molecule has 0 heterocycles. The fourth-order valence-electron chi connectivity index (χ4n) is 2.29. The molecule has 0 unspecified atom stereocenters. The minimum absolute atomic E-state index is 1.13. The van der Waals surface area contributed by atoms with E-state index in [0.717, 1.165) is 12.8 Å². The maximum absolute atomic E-state index is 2.23. The van der Waals surface area contributed by atoms with E-state index in [1.807, 2.05) is 109 Å². The van der Waals surface area contributed by atoms with Crippen molar-refractivity contribution in [1.29, 1.82) is 0 Å². The highest BCUT2D eigenvalue weighted by molar-refractivity contribution is 5.23. The standard InChI is InChI=1S/C30H34/c1-2-4-6-8-10-12-14-16-18-20-22-24-26-28-30-29-27-25-23-21-19-17-15-13-11-9-7-5-3-1/h1-26H,27-30H2/b2-1-,5-3-,6-4-,9-7-,10-8-,13-11-,14-12-,17-15-,18-16-,21-19-,22-20-,25-23-,26-24?. The van der Waals surface area contributed by atoms with Crippen molar-refractivity contribution >= 4 is 0 Å². The van der Waals surface area contributed by atoms with E-state index in [-0.39, 0.29) is 0 Å². The zero-order chi connectivity index (χ0) is 21.2. The minimum Gasteiger partial charge on any atom is -0.0845 e. The summed E-state index contributed by atoms with van der Waals surface area (Å²) in [6.45, 7) is 0. The van der Waals surface area contributed by atoms with E-state index in [9.17, 15) is 0 Å². The van der Waals surface area contributed by atoms with Crippen LogP contribution in [0, 0.1) is 0 Å². The van der Waals surface area contributed by atoms with Crippen molar-refractivity contribution in [2.75, 3.05) is 0 Å². The third-order valence-corrected chi connectivity index (χ3v) is 3.82. The molecule has 0 aromatic carbocycles. The molecule has 0 nitrogen and oxygen atoms in total. The lowest BCUT2D eigenvalue weighted by Gasteiger charge is -1.91. The van der Waals surface area contributed by atoms with Gasteiger partial charge in [0.25, 0.3) is 0 Å². The largest absolute Gasteiger partial charge is 0.0845 e. The van der Waals surface area contributed by atoms with Gasteiger partial charge in [0.15, 0.2) is 0 Å². The maximum Gasteiger partial charge on any atom is -0.0347 e. The Kier molecular flexibility index (Phi) is 18.0. The SMILES string of the molecule is C1=CCCCC\C=C/C=C\C=C/C=C\C=C/C=C\C=C/C=C\C=C/C=C\C=C/C=C\1. The summed E-state index contributed by atoms with van der Waals surface area (Å²) < 4.78 is 0. The first-order valence-electron chi connectivity index (χ1n) is 10.6. The van der Waals surface area contributed by atoms with Crippen molar-refractivity contribution in [3.63, 3.8) is 0 Å². The first-order valence-corrected chi connectivity index (χ1v) is 10.6. The second-order valence-corrected chi connectivity index (χ2v) is 6.37. The smallest absolute Gasteiger partial charge is 0.0347 e. The summed E-state index contributed by atoms with van der Waals surface area (Å²) in [7, 11) is 0. The second kappa shape index (κ2) is 21.9. The van der Waals surface area contributed by atoms with Crippen LogP contribution in [0.1, 0.15) is 25.7 Å². The van der Waals surface area contributed by atoms with E-state index >= 15 is 0 Å². The van der Waals surface area contributed by atoms with Crippen LogP contribution in [0.5, 0.6) is 0 Å². The van der Waals surface area contributed by atoms with Crippen LogP contribution >= 0.6 is 0 Å². The van der Waals surface area contributed by atoms with Crippen LogP contribution in [0.15, 0.2) is 158 Å². The summed E-state index contributed by atoms with van der Waals surface area (Å²) in [6, 6.07) is 0. The van der Waals surface area contributed by atoms with Crippen molar-refractivity contribution in [2.24, 2.45) is 0 Å². The van der Waals surface area contributed by atoms with E-state index in [2.05, 4.69) is 48.6 Å². The first-order chi connectivity index (χ1) is 15.0. The molecule has 0 heteroatoms. The molecule has 1 aliphatic carbocycles. The Bertz CT molecular complexity index is 723. The summed E-state index contributed by atoms with van der Waals surface area (Å²) in [6.07, 6.45) is 58.0. The third kappa shape index (κ3) is 19.4. The molecular formula is C30H34. The van der Waals surface area contributed by atoms with Gasteiger partial charge in [-0.1, -0.05) is 158 Å². The molecule has 30 heavy (non-hydrogen) atoms. The zero-order valence-electron chi connectivity index (χ0n) is 17.8. The average Bonchev–Trinajstić information content (AvgIpc) is 2.76. The predicted octanol–water partition coefficient (Wildman–Crippen LogP) is 8.79. The van der Waals surface area contributed by atoms with E-state index in [4.69, 9.17) is 0 Å². The minimum atomic E-state index is 1.13. The Morgan fingerprint density at radius 3 is 0.567 bits per heavy atom. The van der Waals surface area contributed by atoms with E-state index < -0.39 is 0 Å². The molecule has 0 fully saturated rings. The van der Waals surface area contributed by atoms with Crippen molar-refractivity contribution in [3.8, 4) is 0 Å². The Balaban J connectivity index is 2.56. The van der Waals surface area contributed by atoms with Gasteiger partial charge in [-0.25, -0.2) is 0 Å². The van der Waals surface area contributed by atoms with Crippen molar-refractivity contribution in [2.45, 2.75) is 25.7 Å². The van der Waals surface area contributed by atoms with Gasteiger partial charge in [-0.2, -0.15) is 0 Å². The van der Waals surface area contributed by atoms with Crippen LogP contribution in [0.25, 0.3) is 0 Å². The fraction of sp³-hybridized carbons (Fsp3) is 0.133. The van der Waals surface area contributed by atoms with Crippen LogP contribution < -0.4 is 0 Å². The zero-order valence-corrected chi connectivity index (χ0v) is 17.8. The quantitative estimate of drug-likeness (QED) is 0.385. The summed E-state index contributed by atoms with van der Waals surface area (Å²) in [5.41, 5.74) is 0. The summed E-state index contributed by atoms with van der Waals surface area (Å²) in [5, 5.41) is 0. The summed E-state index contributed by atoms with van der Waals surface area (Å²) in [5.74, 6) is 0. The van der Waals surface area contributed by atoms with Crippen molar-refractivity contribution in [3.05, 3.63) is 158 Å². The highest BCUT2D eigenvalue weighted by Crippen LogP contribution is 2.02. The molecule has 0 aromatic heterocycles. The third-order valence-electron chi connectivity index (χ3n) is 3.82. The Hall–Kier alpha value is -3.38. The molecule has 0 atom stereocenters. The van der Waals surface area contributed by atoms with Crippen LogP contribution in [-0.2, 0) is 0 Å². The van der Waals surface area contributed by atoms with Gasteiger partial charge in [0.1, 0.15) is 0 Å². The van der Waals surface area contributed by atoms with Gasteiger partial charge in [0.05, 0.1) is 0 Å². The van der Waals surface area contributed by atoms with Gasteiger partial charge in [-0.3, -0.25) is 0 Å².